The number of likely N-dealkylation sites (tertiary alicyclic amines) is 1. The van der Waals surface area contributed by atoms with Gasteiger partial charge in [0, 0.05) is 41.2 Å². The predicted octanol–water partition coefficient (Wildman–Crippen LogP) is 5.80. The topological polar surface area (TPSA) is 69.7 Å². The normalized spacial score (nSPS) is 16.4. The van der Waals surface area contributed by atoms with Crippen LogP contribution < -0.4 is 20.3 Å². The molecule has 1 amide bonds. The number of hydrogen-bond acceptors (Lipinski definition) is 6. The number of fused-ring (bicyclic) bond motifs is 1. The van der Waals surface area contributed by atoms with Crippen LogP contribution in [0.4, 0.5) is 11.4 Å². The van der Waals surface area contributed by atoms with Gasteiger partial charge in [-0.1, -0.05) is 15.9 Å². The molecule has 2 aliphatic heterocycles. The minimum atomic E-state index is -0.152. The van der Waals surface area contributed by atoms with E-state index in [1.54, 1.807) is 18.3 Å². The summed E-state index contributed by atoms with van der Waals surface area (Å²) in [7, 11) is 4.18. The summed E-state index contributed by atoms with van der Waals surface area (Å²) in [6.07, 6.45) is 7.58. The molecular formula is C29H32BrN5O2. The van der Waals surface area contributed by atoms with E-state index in [9.17, 15) is 4.79 Å². The number of carbonyl (C=O) groups excluding carboxylic acids is 1. The van der Waals surface area contributed by atoms with Crippen molar-refractivity contribution in [3.63, 3.8) is 0 Å². The van der Waals surface area contributed by atoms with Crippen molar-refractivity contribution in [3.05, 3.63) is 88.4 Å². The van der Waals surface area contributed by atoms with Gasteiger partial charge in [-0.05, 0) is 106 Å². The van der Waals surface area contributed by atoms with E-state index >= 15 is 0 Å². The third-order valence-electron chi connectivity index (χ3n) is 6.90. The fourth-order valence-corrected chi connectivity index (χ4v) is 5.01. The SMILES string of the molecule is CN1CCC(NC(=O)c2cc(Oc3ccc4c(c3)CCC=C(Nc3ccc(Br)cc3)N4C)ccn2)CC1. The number of anilines is 2. The van der Waals surface area contributed by atoms with E-state index in [1.807, 2.05) is 18.2 Å². The van der Waals surface area contributed by atoms with Crippen molar-refractivity contribution in [3.8, 4) is 11.5 Å². The van der Waals surface area contributed by atoms with Crippen molar-refractivity contribution in [1.29, 1.82) is 0 Å². The number of nitrogens with one attached hydrogen (secondary N) is 2. The van der Waals surface area contributed by atoms with E-state index in [-0.39, 0.29) is 11.9 Å². The average molecular weight is 563 g/mol. The molecule has 0 saturated carbocycles. The first-order valence-corrected chi connectivity index (χ1v) is 13.5. The quantitative estimate of drug-likeness (QED) is 0.396. The van der Waals surface area contributed by atoms with Crippen molar-refractivity contribution in [2.24, 2.45) is 0 Å². The number of amides is 1. The molecule has 1 fully saturated rings. The third-order valence-corrected chi connectivity index (χ3v) is 7.42. The molecule has 0 bridgehead atoms. The molecule has 0 radical (unpaired) electrons. The number of piperidine rings is 1. The smallest absolute Gasteiger partial charge is 0.270 e. The van der Waals surface area contributed by atoms with E-state index in [0.29, 0.717) is 11.4 Å². The number of aromatic nitrogens is 1. The van der Waals surface area contributed by atoms with Gasteiger partial charge < -0.3 is 25.2 Å². The van der Waals surface area contributed by atoms with Crippen LogP contribution in [0.15, 0.2) is 77.2 Å². The van der Waals surface area contributed by atoms with Gasteiger partial charge in [0.05, 0.1) is 0 Å². The van der Waals surface area contributed by atoms with Crippen LogP contribution in [0.5, 0.6) is 11.5 Å². The largest absolute Gasteiger partial charge is 0.457 e. The number of allylic oxidation sites excluding steroid dienone is 1. The Morgan fingerprint density at radius 2 is 1.78 bits per heavy atom. The Kier molecular flexibility index (Phi) is 7.76. The third kappa shape index (κ3) is 6.32. The number of rotatable bonds is 6. The first kappa shape index (κ1) is 25.3. The Bertz CT molecular complexity index is 1290. The van der Waals surface area contributed by atoms with Crippen LogP contribution in [-0.2, 0) is 6.42 Å². The maximum Gasteiger partial charge on any atom is 0.270 e. The average Bonchev–Trinajstić information content (AvgIpc) is 3.05. The second-order valence-corrected chi connectivity index (χ2v) is 10.6. The number of benzene rings is 2. The Morgan fingerprint density at radius 3 is 2.57 bits per heavy atom. The summed E-state index contributed by atoms with van der Waals surface area (Å²) in [4.78, 5) is 21.5. The number of pyridine rings is 1. The Hall–Kier alpha value is -3.36. The molecule has 2 N–H and O–H groups in total. The van der Waals surface area contributed by atoms with E-state index in [4.69, 9.17) is 4.74 Å². The molecular weight excluding hydrogens is 530 g/mol. The molecule has 0 unspecified atom stereocenters. The number of carbonyl (C=O) groups is 1. The molecule has 192 valence electrons. The highest BCUT2D eigenvalue weighted by Crippen LogP contribution is 2.33. The molecule has 7 nitrogen and oxygen atoms in total. The highest BCUT2D eigenvalue weighted by molar-refractivity contribution is 9.10. The molecule has 8 heteroatoms. The zero-order valence-electron chi connectivity index (χ0n) is 21.2. The molecule has 0 atom stereocenters. The van der Waals surface area contributed by atoms with Gasteiger partial charge in [0.1, 0.15) is 23.0 Å². The lowest BCUT2D eigenvalue weighted by Gasteiger charge is -2.29. The van der Waals surface area contributed by atoms with Gasteiger partial charge in [0.15, 0.2) is 0 Å². The van der Waals surface area contributed by atoms with Gasteiger partial charge in [-0.15, -0.1) is 0 Å². The van der Waals surface area contributed by atoms with Crippen LogP contribution in [-0.4, -0.2) is 49.0 Å². The fraction of sp³-hybridized carbons (Fsp3) is 0.310. The number of ether oxygens (including phenoxy) is 1. The van der Waals surface area contributed by atoms with E-state index in [0.717, 1.165) is 66.2 Å². The number of hydrogen-bond donors (Lipinski definition) is 2. The lowest BCUT2D eigenvalue weighted by atomic mass is 10.1. The van der Waals surface area contributed by atoms with Crippen LogP contribution in [0, 0.1) is 0 Å². The molecule has 2 aliphatic rings. The molecule has 37 heavy (non-hydrogen) atoms. The van der Waals surface area contributed by atoms with E-state index in [1.165, 1.54) is 5.56 Å². The number of aryl methyl sites for hydroxylation is 1. The summed E-state index contributed by atoms with van der Waals surface area (Å²) < 4.78 is 7.22. The summed E-state index contributed by atoms with van der Waals surface area (Å²) in [5.74, 6) is 2.23. The Balaban J connectivity index is 1.25. The zero-order chi connectivity index (χ0) is 25.8. The molecule has 5 rings (SSSR count). The fourth-order valence-electron chi connectivity index (χ4n) is 4.75. The molecule has 3 heterocycles. The summed E-state index contributed by atoms with van der Waals surface area (Å²) in [5.41, 5.74) is 3.75. The summed E-state index contributed by atoms with van der Waals surface area (Å²) in [6, 6.07) is 18.0. The van der Waals surface area contributed by atoms with Crippen LogP contribution in [0.25, 0.3) is 0 Å². The minimum Gasteiger partial charge on any atom is -0.457 e. The van der Waals surface area contributed by atoms with Gasteiger partial charge >= 0.3 is 0 Å². The molecule has 1 saturated heterocycles. The van der Waals surface area contributed by atoms with Gasteiger partial charge in [-0.3, -0.25) is 9.78 Å². The second-order valence-electron chi connectivity index (χ2n) is 9.64. The summed E-state index contributed by atoms with van der Waals surface area (Å²) in [5, 5.41) is 6.65. The maximum atomic E-state index is 12.8. The van der Waals surface area contributed by atoms with E-state index in [2.05, 4.69) is 85.8 Å². The predicted molar refractivity (Wildman–Crippen MR) is 151 cm³/mol. The van der Waals surface area contributed by atoms with Crippen molar-refractivity contribution in [1.82, 2.24) is 15.2 Å². The lowest BCUT2D eigenvalue weighted by molar-refractivity contribution is 0.0911. The van der Waals surface area contributed by atoms with Crippen LogP contribution in [0.1, 0.15) is 35.3 Å². The van der Waals surface area contributed by atoms with E-state index < -0.39 is 0 Å². The van der Waals surface area contributed by atoms with Gasteiger partial charge in [0.25, 0.3) is 5.91 Å². The monoisotopic (exact) mass is 561 g/mol. The summed E-state index contributed by atoms with van der Waals surface area (Å²) in [6.45, 7) is 1.98. The highest BCUT2D eigenvalue weighted by atomic mass is 79.9. The Labute approximate surface area is 226 Å². The minimum absolute atomic E-state index is 0.152. The molecule has 3 aromatic rings. The number of halogens is 1. The van der Waals surface area contributed by atoms with Crippen LogP contribution >= 0.6 is 15.9 Å². The standard InChI is InChI=1S/C29H32BrN5O2/c1-34-16-13-23(14-17-34)33-29(36)26-19-25(12-15-31-26)37-24-10-11-27-20(18-24)4-3-5-28(35(27)2)32-22-8-6-21(30)7-9-22/h5-12,15,18-19,23,32H,3-4,13-14,16-17H2,1-2H3,(H,33,36). The highest BCUT2D eigenvalue weighted by Gasteiger charge is 2.20. The van der Waals surface area contributed by atoms with Crippen LogP contribution in [0.2, 0.25) is 0 Å². The molecule has 0 aliphatic carbocycles. The van der Waals surface area contributed by atoms with Gasteiger partial charge in [-0.2, -0.15) is 0 Å². The Morgan fingerprint density at radius 1 is 1.03 bits per heavy atom. The first-order chi connectivity index (χ1) is 17.9. The van der Waals surface area contributed by atoms with Gasteiger partial charge in [0.2, 0.25) is 0 Å². The van der Waals surface area contributed by atoms with Crippen molar-refractivity contribution >= 4 is 33.2 Å². The second kappa shape index (κ2) is 11.4. The summed E-state index contributed by atoms with van der Waals surface area (Å²) >= 11 is 3.49. The van der Waals surface area contributed by atoms with Crippen molar-refractivity contribution < 1.29 is 9.53 Å². The maximum absolute atomic E-state index is 12.8. The lowest BCUT2D eigenvalue weighted by Crippen LogP contribution is -2.43. The molecule has 2 aromatic carbocycles. The van der Waals surface area contributed by atoms with Gasteiger partial charge in [-0.25, -0.2) is 0 Å². The zero-order valence-corrected chi connectivity index (χ0v) is 22.8. The van der Waals surface area contributed by atoms with Crippen molar-refractivity contribution in [2.45, 2.75) is 31.7 Å². The van der Waals surface area contributed by atoms with Crippen LogP contribution in [0.3, 0.4) is 0 Å². The molecule has 1 aromatic heterocycles. The number of nitrogens with zero attached hydrogens (tertiary/aromatic N) is 3. The van der Waals surface area contributed by atoms with Crippen molar-refractivity contribution in [2.75, 3.05) is 37.4 Å². The first-order valence-electron chi connectivity index (χ1n) is 12.7. The molecule has 0 spiro atoms.